The molecule has 0 aromatic heterocycles. The lowest BCUT2D eigenvalue weighted by Crippen LogP contribution is -2.48. The summed E-state index contributed by atoms with van der Waals surface area (Å²) < 4.78 is 25.7. The summed E-state index contributed by atoms with van der Waals surface area (Å²) in [6, 6.07) is 10.1. The normalized spacial score (nSPS) is 21.3. The molecule has 8 nitrogen and oxygen atoms in total. The molecule has 0 radical (unpaired) electrons. The first-order valence-electron chi connectivity index (χ1n) is 11.5. The molecule has 1 N–H and O–H groups in total. The summed E-state index contributed by atoms with van der Waals surface area (Å²) in [5.74, 6) is -1.37. The average Bonchev–Trinajstić information content (AvgIpc) is 2.83. The molecule has 0 spiro atoms. The molecule has 0 unspecified atom stereocenters. The van der Waals surface area contributed by atoms with Gasteiger partial charge < -0.3 is 24.6 Å². The molecule has 3 rings (SSSR count). The van der Waals surface area contributed by atoms with Crippen molar-refractivity contribution in [3.8, 4) is 5.75 Å². The third-order valence-electron chi connectivity index (χ3n) is 6.23. The lowest BCUT2D eigenvalue weighted by atomic mass is 10.0. The van der Waals surface area contributed by atoms with E-state index in [1.54, 1.807) is 37.3 Å². The number of carbonyl (C=O) groups excluding carboxylic acids is 3. The molecule has 1 heterocycles. The molecule has 2 aromatic rings. The van der Waals surface area contributed by atoms with Gasteiger partial charge in [-0.2, -0.15) is 0 Å². The number of carbonyl (C=O) groups is 3. The van der Waals surface area contributed by atoms with Gasteiger partial charge in [0.25, 0.3) is 11.8 Å². The van der Waals surface area contributed by atoms with Gasteiger partial charge in [-0.1, -0.05) is 19.1 Å². The molecule has 3 atom stereocenters. The van der Waals surface area contributed by atoms with Crippen LogP contribution in [0.5, 0.6) is 5.75 Å². The van der Waals surface area contributed by atoms with Crippen LogP contribution < -0.4 is 10.1 Å². The summed E-state index contributed by atoms with van der Waals surface area (Å²) in [5.41, 5.74) is 0.461. The van der Waals surface area contributed by atoms with E-state index in [0.717, 1.165) is 0 Å². The monoisotopic (exact) mass is 485 g/mol. The summed E-state index contributed by atoms with van der Waals surface area (Å²) in [4.78, 5) is 41.6. The average molecular weight is 486 g/mol. The van der Waals surface area contributed by atoms with Gasteiger partial charge in [0, 0.05) is 45.8 Å². The quantitative estimate of drug-likeness (QED) is 0.720. The largest absolute Gasteiger partial charge is 0.491 e. The van der Waals surface area contributed by atoms with E-state index in [1.165, 1.54) is 36.1 Å². The Morgan fingerprint density at radius 2 is 1.86 bits per heavy atom. The third kappa shape index (κ3) is 6.16. The molecule has 35 heavy (non-hydrogen) atoms. The number of fused-ring (bicyclic) bond motifs is 1. The number of hydrogen-bond donors (Lipinski definition) is 1. The first-order chi connectivity index (χ1) is 16.6. The van der Waals surface area contributed by atoms with Crippen LogP contribution >= 0.6 is 0 Å². The number of nitrogens with one attached hydrogen (secondary N) is 1. The Balaban J connectivity index is 1.95. The summed E-state index contributed by atoms with van der Waals surface area (Å²) in [6.07, 6.45) is -0.300. The van der Waals surface area contributed by atoms with Gasteiger partial charge in [0.15, 0.2) is 0 Å². The lowest BCUT2D eigenvalue weighted by Gasteiger charge is -2.35. The molecule has 0 bridgehead atoms. The zero-order chi connectivity index (χ0) is 25.7. The van der Waals surface area contributed by atoms with Crippen LogP contribution in [-0.4, -0.2) is 73.5 Å². The van der Waals surface area contributed by atoms with Crippen LogP contribution in [0.2, 0.25) is 0 Å². The van der Waals surface area contributed by atoms with Gasteiger partial charge in [-0.25, -0.2) is 4.39 Å². The lowest BCUT2D eigenvalue weighted by molar-refractivity contribution is -0.133. The van der Waals surface area contributed by atoms with Gasteiger partial charge in [0.05, 0.1) is 23.3 Å². The molecule has 0 fully saturated rings. The highest BCUT2D eigenvalue weighted by Crippen LogP contribution is 2.27. The highest BCUT2D eigenvalue weighted by Gasteiger charge is 2.29. The van der Waals surface area contributed by atoms with Crippen LogP contribution in [0.4, 0.5) is 10.1 Å². The number of likely N-dealkylation sites (N-methyl/N-ethyl adjacent to an activating group) is 1. The number of hydrogen-bond acceptors (Lipinski definition) is 5. The van der Waals surface area contributed by atoms with Gasteiger partial charge in [0.2, 0.25) is 5.91 Å². The topological polar surface area (TPSA) is 88.2 Å². The number of methoxy groups -OCH3 is 1. The van der Waals surface area contributed by atoms with Crippen LogP contribution in [0, 0.1) is 11.7 Å². The standard InChI is InChI=1S/C26H32FN3O5/c1-16-13-30(18(3)31)17(2)15-35-23-11-10-19(28-25(32)20-8-6-7-9-22(20)27)12-21(23)26(33)29(4)14-24(16)34-5/h6-12,16-17,24H,13-15H2,1-5H3,(H,28,32)/t16-,17+,24+/m1/s1. The summed E-state index contributed by atoms with van der Waals surface area (Å²) in [6.45, 7) is 6.32. The highest BCUT2D eigenvalue weighted by atomic mass is 19.1. The van der Waals surface area contributed by atoms with Crippen molar-refractivity contribution in [2.75, 3.05) is 39.2 Å². The maximum Gasteiger partial charge on any atom is 0.258 e. The molecule has 3 amide bonds. The van der Waals surface area contributed by atoms with E-state index in [-0.39, 0.29) is 47.6 Å². The van der Waals surface area contributed by atoms with E-state index in [4.69, 9.17) is 9.47 Å². The first kappa shape index (κ1) is 26.2. The van der Waals surface area contributed by atoms with Gasteiger partial charge >= 0.3 is 0 Å². The van der Waals surface area contributed by atoms with Crippen LogP contribution in [0.15, 0.2) is 42.5 Å². The fourth-order valence-corrected chi connectivity index (χ4v) is 4.14. The van der Waals surface area contributed by atoms with Crippen molar-refractivity contribution in [3.05, 3.63) is 59.4 Å². The predicted molar refractivity (Wildman–Crippen MR) is 130 cm³/mol. The highest BCUT2D eigenvalue weighted by molar-refractivity contribution is 6.05. The number of nitrogens with zero attached hydrogens (tertiary/aromatic N) is 2. The smallest absolute Gasteiger partial charge is 0.258 e. The molecule has 0 saturated carbocycles. The second kappa shape index (κ2) is 11.3. The number of benzene rings is 2. The van der Waals surface area contributed by atoms with Crippen molar-refractivity contribution in [3.63, 3.8) is 0 Å². The summed E-state index contributed by atoms with van der Waals surface area (Å²) >= 11 is 0. The number of amides is 3. The van der Waals surface area contributed by atoms with Crippen molar-refractivity contribution in [1.82, 2.24) is 9.80 Å². The Labute approximate surface area is 205 Å². The zero-order valence-electron chi connectivity index (χ0n) is 20.7. The van der Waals surface area contributed by atoms with Crippen molar-refractivity contribution in [1.29, 1.82) is 0 Å². The molecule has 0 saturated heterocycles. The van der Waals surface area contributed by atoms with Gasteiger partial charge in [-0.3, -0.25) is 14.4 Å². The summed E-state index contributed by atoms with van der Waals surface area (Å²) in [5, 5.41) is 2.65. The van der Waals surface area contributed by atoms with E-state index >= 15 is 0 Å². The molecule has 2 aromatic carbocycles. The molecule has 1 aliphatic heterocycles. The van der Waals surface area contributed by atoms with E-state index < -0.39 is 11.7 Å². The van der Waals surface area contributed by atoms with Crippen molar-refractivity contribution < 1.29 is 28.2 Å². The predicted octanol–water partition coefficient (Wildman–Crippen LogP) is 3.43. The Morgan fingerprint density at radius 3 is 2.51 bits per heavy atom. The molecule has 188 valence electrons. The third-order valence-corrected chi connectivity index (χ3v) is 6.23. The Kier molecular flexibility index (Phi) is 8.45. The van der Waals surface area contributed by atoms with Gasteiger partial charge in [-0.15, -0.1) is 0 Å². The fraction of sp³-hybridized carbons (Fsp3) is 0.423. The fourth-order valence-electron chi connectivity index (χ4n) is 4.14. The van der Waals surface area contributed by atoms with E-state index in [2.05, 4.69) is 5.32 Å². The second-order valence-corrected chi connectivity index (χ2v) is 8.91. The minimum atomic E-state index is -0.640. The zero-order valence-corrected chi connectivity index (χ0v) is 20.7. The summed E-state index contributed by atoms with van der Waals surface area (Å²) in [7, 11) is 3.24. The number of ether oxygens (including phenoxy) is 2. The maximum absolute atomic E-state index is 14.0. The number of rotatable bonds is 3. The van der Waals surface area contributed by atoms with Crippen molar-refractivity contribution in [2.24, 2.45) is 5.92 Å². The molecule has 1 aliphatic rings. The Hall–Kier alpha value is -3.46. The van der Waals surface area contributed by atoms with Gasteiger partial charge in [-0.05, 0) is 37.3 Å². The van der Waals surface area contributed by atoms with Crippen molar-refractivity contribution in [2.45, 2.75) is 32.9 Å². The second-order valence-electron chi connectivity index (χ2n) is 8.91. The maximum atomic E-state index is 14.0. The number of halogens is 1. The van der Waals surface area contributed by atoms with E-state index in [1.807, 2.05) is 13.8 Å². The van der Waals surface area contributed by atoms with Crippen LogP contribution in [-0.2, 0) is 9.53 Å². The van der Waals surface area contributed by atoms with Crippen LogP contribution in [0.1, 0.15) is 41.5 Å². The number of anilines is 1. The minimum absolute atomic E-state index is 0.0353. The molecular formula is C26H32FN3O5. The Morgan fingerprint density at radius 1 is 1.14 bits per heavy atom. The first-order valence-corrected chi connectivity index (χ1v) is 11.5. The van der Waals surface area contributed by atoms with Crippen LogP contribution in [0.3, 0.4) is 0 Å². The molecule has 9 heteroatoms. The molecule has 0 aliphatic carbocycles. The van der Waals surface area contributed by atoms with E-state index in [9.17, 15) is 18.8 Å². The van der Waals surface area contributed by atoms with Crippen LogP contribution in [0.25, 0.3) is 0 Å². The minimum Gasteiger partial charge on any atom is -0.491 e. The van der Waals surface area contributed by atoms with E-state index in [0.29, 0.717) is 24.5 Å². The Bertz CT molecular complexity index is 1090. The van der Waals surface area contributed by atoms with Gasteiger partial charge in [0.1, 0.15) is 18.2 Å². The molecular weight excluding hydrogens is 453 g/mol. The van der Waals surface area contributed by atoms with Crippen molar-refractivity contribution >= 4 is 23.4 Å². The SMILES string of the molecule is CO[C@H]1CN(C)C(=O)c2cc(NC(=O)c3ccccc3F)ccc2OC[C@H](C)N(C(C)=O)C[C@H]1C.